The summed E-state index contributed by atoms with van der Waals surface area (Å²) in [5.74, 6) is 3.62. The van der Waals surface area contributed by atoms with Crippen LogP contribution in [0.3, 0.4) is 0 Å². The Balaban J connectivity index is 1.02. The van der Waals surface area contributed by atoms with E-state index < -0.39 is 0 Å². The van der Waals surface area contributed by atoms with Crippen LogP contribution in [0.15, 0.2) is 132 Å². The highest BCUT2D eigenvalue weighted by Crippen LogP contribution is 2.63. The fraction of sp³-hybridized carbons (Fsp3) is 0.447. The molecule has 1 saturated heterocycles. The predicted octanol–water partition coefficient (Wildman–Crippen LogP) is 9.22. The summed E-state index contributed by atoms with van der Waals surface area (Å²) in [7, 11) is 0. The van der Waals surface area contributed by atoms with E-state index in [0.29, 0.717) is 23.9 Å². The highest BCUT2D eigenvalue weighted by atomic mass is 16.5. The van der Waals surface area contributed by atoms with Gasteiger partial charge in [0.1, 0.15) is 30.2 Å². The Kier molecular flexibility index (Phi) is 7.58. The van der Waals surface area contributed by atoms with Gasteiger partial charge in [0.2, 0.25) is 0 Å². The van der Waals surface area contributed by atoms with Crippen LogP contribution < -0.4 is 10.1 Å². The fourth-order valence-corrected chi connectivity index (χ4v) is 12.0. The molecule has 0 amide bonds. The van der Waals surface area contributed by atoms with Crippen molar-refractivity contribution in [1.82, 2.24) is 10.2 Å². The minimum atomic E-state index is -0.257. The second kappa shape index (κ2) is 12.5. The molecular weight excluding hydrogens is 641 g/mol. The van der Waals surface area contributed by atoms with Gasteiger partial charge in [0.05, 0.1) is 17.3 Å². The maximum Gasteiger partial charge on any atom is 0.124 e. The maximum atomic E-state index is 7.28. The lowest BCUT2D eigenvalue weighted by Gasteiger charge is -2.58. The van der Waals surface area contributed by atoms with Crippen LogP contribution in [0.4, 0.5) is 0 Å². The Morgan fingerprint density at radius 1 is 0.808 bits per heavy atom. The number of hydrogen-bond donors (Lipinski definition) is 1. The lowest BCUT2D eigenvalue weighted by Crippen LogP contribution is -2.68. The molecule has 0 bridgehead atoms. The average Bonchev–Trinajstić information content (AvgIpc) is 3.68. The molecule has 11 atom stereocenters. The van der Waals surface area contributed by atoms with Crippen LogP contribution in [0.25, 0.3) is 11.1 Å². The van der Waals surface area contributed by atoms with Gasteiger partial charge < -0.3 is 19.5 Å². The third-order valence-corrected chi connectivity index (χ3v) is 14.1. The summed E-state index contributed by atoms with van der Waals surface area (Å²) < 4.78 is 21.2. The van der Waals surface area contributed by atoms with Crippen LogP contribution in [0.2, 0.25) is 0 Å². The minimum Gasteiger partial charge on any atom is -0.490 e. The molecule has 52 heavy (non-hydrogen) atoms. The van der Waals surface area contributed by atoms with Crippen molar-refractivity contribution in [3.63, 3.8) is 0 Å². The second-order valence-corrected chi connectivity index (χ2v) is 16.6. The monoisotopic (exact) mass is 690 g/mol. The molecule has 0 aromatic heterocycles. The lowest BCUT2D eigenvalue weighted by atomic mass is 9.52. The van der Waals surface area contributed by atoms with Crippen LogP contribution >= 0.6 is 0 Å². The van der Waals surface area contributed by atoms with Crippen LogP contribution in [0.1, 0.15) is 69.8 Å². The SMILES string of the molecule is C1=CCC2OC3=C(CCC(C4CC=CC5OC6C=CNC6N(C6C=CCCC6)C54)C3)C3(C2=C1)c1ccc(-c2ccccc2)cc1OC1CCC=CC13. The van der Waals surface area contributed by atoms with E-state index in [1.54, 1.807) is 0 Å². The molecule has 11 rings (SSSR count). The summed E-state index contributed by atoms with van der Waals surface area (Å²) in [6, 6.07) is 18.7. The van der Waals surface area contributed by atoms with E-state index >= 15 is 0 Å². The summed E-state index contributed by atoms with van der Waals surface area (Å²) in [5.41, 5.74) is 6.50. The van der Waals surface area contributed by atoms with E-state index in [9.17, 15) is 0 Å². The van der Waals surface area contributed by atoms with Crippen LogP contribution in [-0.4, -0.2) is 47.6 Å². The molecule has 0 saturated carbocycles. The van der Waals surface area contributed by atoms with Crippen molar-refractivity contribution in [2.45, 2.75) is 112 Å². The van der Waals surface area contributed by atoms with Gasteiger partial charge in [-0.05, 0) is 104 Å². The van der Waals surface area contributed by atoms with Gasteiger partial charge in [0.25, 0.3) is 0 Å². The van der Waals surface area contributed by atoms with Crippen molar-refractivity contribution in [1.29, 1.82) is 0 Å². The molecule has 1 spiro atoms. The van der Waals surface area contributed by atoms with Crippen molar-refractivity contribution < 1.29 is 14.2 Å². The van der Waals surface area contributed by atoms with Crippen molar-refractivity contribution in [3.8, 4) is 16.9 Å². The molecule has 5 heteroatoms. The topological polar surface area (TPSA) is 43.0 Å². The molecule has 2 aromatic rings. The molecule has 0 radical (unpaired) electrons. The van der Waals surface area contributed by atoms with E-state index in [0.717, 1.165) is 44.3 Å². The minimum absolute atomic E-state index is 0.0497. The van der Waals surface area contributed by atoms with Crippen molar-refractivity contribution in [3.05, 3.63) is 138 Å². The van der Waals surface area contributed by atoms with Crippen molar-refractivity contribution >= 4 is 0 Å². The van der Waals surface area contributed by atoms with Crippen LogP contribution in [0, 0.1) is 17.8 Å². The summed E-state index contributed by atoms with van der Waals surface area (Å²) in [6.07, 6.45) is 37.7. The molecule has 5 aliphatic carbocycles. The highest BCUT2D eigenvalue weighted by molar-refractivity contribution is 5.70. The molecule has 11 unspecified atom stereocenters. The van der Waals surface area contributed by atoms with E-state index in [2.05, 4.69) is 126 Å². The van der Waals surface area contributed by atoms with Crippen LogP contribution in [-0.2, 0) is 14.9 Å². The number of rotatable bonds is 3. The number of ether oxygens (including phenoxy) is 3. The van der Waals surface area contributed by atoms with Gasteiger partial charge in [-0.1, -0.05) is 97.1 Å². The fourth-order valence-electron chi connectivity index (χ4n) is 12.0. The van der Waals surface area contributed by atoms with E-state index in [1.807, 2.05) is 0 Å². The van der Waals surface area contributed by atoms with E-state index in [-0.39, 0.29) is 41.9 Å². The van der Waals surface area contributed by atoms with Gasteiger partial charge in [0.15, 0.2) is 0 Å². The molecule has 1 N–H and O–H groups in total. The Morgan fingerprint density at radius 3 is 2.67 bits per heavy atom. The smallest absolute Gasteiger partial charge is 0.124 e. The normalized spacial score (nSPS) is 39.6. The predicted molar refractivity (Wildman–Crippen MR) is 205 cm³/mol. The average molecular weight is 691 g/mol. The number of allylic oxidation sites excluding steroid dienone is 7. The van der Waals surface area contributed by atoms with Crippen LogP contribution in [0.5, 0.6) is 5.75 Å². The summed E-state index contributed by atoms with van der Waals surface area (Å²) in [4.78, 5) is 2.85. The molecule has 266 valence electrons. The first kappa shape index (κ1) is 31.5. The standard InChI is InChI=1S/C47H50N2O3/c1-3-12-30(13-4-1)31-22-24-37-43(28-31)50-39-19-9-7-17-35(39)47(37)36-18-8-10-20-40(36)51-44-29-32(23-25-38(44)47)34-16-11-21-41-45(34)49(33-14-5-2-6-15-33)46-42(52-41)26-27-48-46/h1,3-5,7-8,10-14,17-18,21-22,24,26-28,32-35,39-42,45-46,48H,2,6,9,15-16,19-20,23,25,29H2. The van der Waals surface area contributed by atoms with Gasteiger partial charge in [0, 0.05) is 36.4 Å². The molecular formula is C47H50N2O3. The quantitative estimate of drug-likeness (QED) is 0.326. The molecule has 2 aromatic carbocycles. The van der Waals surface area contributed by atoms with Gasteiger partial charge in [-0.2, -0.15) is 0 Å². The number of nitrogens with zero attached hydrogens (tertiary/aromatic N) is 1. The number of benzene rings is 2. The Morgan fingerprint density at radius 2 is 1.75 bits per heavy atom. The van der Waals surface area contributed by atoms with Gasteiger partial charge in [-0.15, -0.1) is 0 Å². The van der Waals surface area contributed by atoms with E-state index in [4.69, 9.17) is 14.2 Å². The lowest BCUT2D eigenvalue weighted by molar-refractivity contribution is -0.153. The first-order chi connectivity index (χ1) is 25.8. The Hall–Kier alpha value is -4.06. The second-order valence-electron chi connectivity index (χ2n) is 16.6. The van der Waals surface area contributed by atoms with Gasteiger partial charge in [-0.3, -0.25) is 4.90 Å². The molecule has 9 aliphatic rings. The largest absolute Gasteiger partial charge is 0.490 e. The Bertz CT molecular complexity index is 1950. The third-order valence-electron chi connectivity index (χ3n) is 14.1. The molecule has 5 nitrogen and oxygen atoms in total. The highest BCUT2D eigenvalue weighted by Gasteiger charge is 2.60. The third kappa shape index (κ3) is 4.74. The zero-order valence-electron chi connectivity index (χ0n) is 30.0. The van der Waals surface area contributed by atoms with Crippen molar-refractivity contribution in [2.24, 2.45) is 17.8 Å². The van der Waals surface area contributed by atoms with Crippen molar-refractivity contribution in [2.75, 3.05) is 0 Å². The zero-order chi connectivity index (χ0) is 34.2. The molecule has 4 aliphatic heterocycles. The summed E-state index contributed by atoms with van der Waals surface area (Å²) in [5, 5.41) is 3.73. The number of fused-ring (bicyclic) bond motifs is 9. The Labute approximate surface area is 308 Å². The number of morpholine rings is 1. The van der Waals surface area contributed by atoms with E-state index in [1.165, 1.54) is 59.3 Å². The zero-order valence-corrected chi connectivity index (χ0v) is 30.0. The number of nitrogens with one attached hydrogen (secondary N) is 1. The molecule has 4 heterocycles. The molecule has 1 fully saturated rings. The number of hydrogen-bond acceptors (Lipinski definition) is 5. The summed E-state index contributed by atoms with van der Waals surface area (Å²) in [6.45, 7) is 0. The van der Waals surface area contributed by atoms with Gasteiger partial charge in [-0.25, -0.2) is 0 Å². The maximum absolute atomic E-state index is 7.28. The summed E-state index contributed by atoms with van der Waals surface area (Å²) >= 11 is 0. The first-order valence-corrected chi connectivity index (χ1v) is 20.3. The first-order valence-electron chi connectivity index (χ1n) is 20.3. The van der Waals surface area contributed by atoms with Gasteiger partial charge >= 0.3 is 0 Å².